The number of rotatable bonds is 5. The third-order valence-corrected chi connectivity index (χ3v) is 3.87. The Morgan fingerprint density at radius 2 is 2.00 bits per heavy atom. The number of carbonyl (C=O) groups is 1. The molecule has 0 fully saturated rings. The lowest BCUT2D eigenvalue weighted by molar-refractivity contribution is 0.237. The second kappa shape index (κ2) is 7.61. The topological polar surface area (TPSA) is 59.0 Å². The Bertz CT molecular complexity index is 847. The van der Waals surface area contributed by atoms with E-state index in [0.29, 0.717) is 17.9 Å². The Hall–Kier alpha value is -3.15. The van der Waals surface area contributed by atoms with Crippen LogP contribution in [0.3, 0.4) is 0 Å². The number of urea groups is 1. The summed E-state index contributed by atoms with van der Waals surface area (Å²) in [5.74, 6) is 0.267. The Morgan fingerprint density at radius 3 is 2.68 bits per heavy atom. The minimum absolute atomic E-state index is 0.346. The fourth-order valence-corrected chi connectivity index (χ4v) is 2.60. The highest BCUT2D eigenvalue weighted by Crippen LogP contribution is 2.21. The predicted molar refractivity (Wildman–Crippen MR) is 93.3 cm³/mol. The lowest BCUT2D eigenvalue weighted by Gasteiger charge is -2.19. The van der Waals surface area contributed by atoms with E-state index in [1.165, 1.54) is 12.1 Å². The predicted octanol–water partition coefficient (Wildman–Crippen LogP) is 3.15. The minimum atomic E-state index is -0.550. The van der Waals surface area contributed by atoms with Crippen molar-refractivity contribution >= 4 is 6.03 Å². The Balaban J connectivity index is 1.76. The molecule has 5 nitrogen and oxygen atoms in total. The van der Waals surface area contributed by atoms with E-state index in [1.54, 1.807) is 29.1 Å². The first-order valence-corrected chi connectivity index (χ1v) is 7.94. The number of imidazole rings is 1. The van der Waals surface area contributed by atoms with E-state index < -0.39 is 6.04 Å². The van der Waals surface area contributed by atoms with E-state index in [0.717, 1.165) is 5.56 Å². The molecule has 25 heavy (non-hydrogen) atoms. The summed E-state index contributed by atoms with van der Waals surface area (Å²) in [4.78, 5) is 16.6. The minimum Gasteiger partial charge on any atom is -0.336 e. The number of amides is 2. The van der Waals surface area contributed by atoms with Crippen LogP contribution in [0.4, 0.5) is 9.18 Å². The summed E-state index contributed by atoms with van der Waals surface area (Å²) in [6.45, 7) is 0.406. The number of benzene rings is 2. The van der Waals surface area contributed by atoms with Crippen LogP contribution in [0.15, 0.2) is 67.0 Å². The fraction of sp³-hybridized carbons (Fsp3) is 0.158. The zero-order valence-corrected chi connectivity index (χ0v) is 13.8. The van der Waals surface area contributed by atoms with Gasteiger partial charge in [-0.2, -0.15) is 0 Å². The standard InChI is InChI=1S/C19H19FN4O/c1-24-11-10-21-18(24)17(15-8-5-9-16(20)12-15)23-19(25)22-13-14-6-3-2-4-7-14/h2-12,17H,13H2,1H3,(H2,22,23,25)/t17-/m0/s1. The van der Waals surface area contributed by atoms with Crippen LogP contribution >= 0.6 is 0 Å². The number of halogens is 1. The highest BCUT2D eigenvalue weighted by Gasteiger charge is 2.21. The van der Waals surface area contributed by atoms with Gasteiger partial charge >= 0.3 is 6.03 Å². The molecule has 0 aliphatic rings. The molecule has 0 saturated heterocycles. The van der Waals surface area contributed by atoms with Crippen molar-refractivity contribution < 1.29 is 9.18 Å². The number of hydrogen-bond acceptors (Lipinski definition) is 2. The van der Waals surface area contributed by atoms with Gasteiger partial charge in [0.1, 0.15) is 17.7 Å². The average Bonchev–Trinajstić information content (AvgIpc) is 3.04. The van der Waals surface area contributed by atoms with Crippen molar-refractivity contribution in [2.75, 3.05) is 0 Å². The first kappa shape index (κ1) is 16.7. The molecule has 3 rings (SSSR count). The summed E-state index contributed by atoms with van der Waals surface area (Å²) in [6.07, 6.45) is 3.43. The van der Waals surface area contributed by atoms with E-state index in [2.05, 4.69) is 15.6 Å². The van der Waals surface area contributed by atoms with Crippen molar-refractivity contribution in [3.05, 3.63) is 89.8 Å². The van der Waals surface area contributed by atoms with Crippen LogP contribution in [0.2, 0.25) is 0 Å². The first-order chi connectivity index (χ1) is 12.1. The third kappa shape index (κ3) is 4.23. The molecule has 3 aromatic rings. The van der Waals surface area contributed by atoms with Crippen molar-refractivity contribution in [3.63, 3.8) is 0 Å². The highest BCUT2D eigenvalue weighted by molar-refractivity contribution is 5.74. The number of nitrogens with zero attached hydrogens (tertiary/aromatic N) is 2. The van der Waals surface area contributed by atoms with Gasteiger partial charge in [0.15, 0.2) is 0 Å². The zero-order chi connectivity index (χ0) is 17.6. The van der Waals surface area contributed by atoms with E-state index >= 15 is 0 Å². The molecule has 1 aromatic heterocycles. The van der Waals surface area contributed by atoms with Crippen molar-refractivity contribution in [1.29, 1.82) is 0 Å². The SMILES string of the molecule is Cn1ccnc1[C@@H](NC(=O)NCc1ccccc1)c1cccc(F)c1. The van der Waals surface area contributed by atoms with E-state index in [9.17, 15) is 9.18 Å². The third-order valence-electron chi connectivity index (χ3n) is 3.87. The van der Waals surface area contributed by atoms with Crippen molar-refractivity contribution in [2.45, 2.75) is 12.6 Å². The van der Waals surface area contributed by atoms with Crippen LogP contribution < -0.4 is 10.6 Å². The summed E-state index contributed by atoms with van der Waals surface area (Å²) in [5, 5.41) is 5.69. The number of hydrogen-bond donors (Lipinski definition) is 2. The van der Waals surface area contributed by atoms with Crippen LogP contribution in [-0.4, -0.2) is 15.6 Å². The molecule has 1 heterocycles. The van der Waals surface area contributed by atoms with Crippen molar-refractivity contribution in [2.24, 2.45) is 7.05 Å². The van der Waals surface area contributed by atoms with Gasteiger partial charge in [0, 0.05) is 26.0 Å². The van der Waals surface area contributed by atoms with Gasteiger partial charge in [-0.3, -0.25) is 0 Å². The Labute approximate surface area is 145 Å². The summed E-state index contributed by atoms with van der Waals surface area (Å²) in [7, 11) is 1.83. The van der Waals surface area contributed by atoms with Gasteiger partial charge in [0.25, 0.3) is 0 Å². The summed E-state index contributed by atoms with van der Waals surface area (Å²) in [6, 6.07) is 14.9. The van der Waals surface area contributed by atoms with Gasteiger partial charge in [-0.25, -0.2) is 14.2 Å². The van der Waals surface area contributed by atoms with Gasteiger partial charge in [-0.1, -0.05) is 42.5 Å². The smallest absolute Gasteiger partial charge is 0.315 e. The molecule has 128 valence electrons. The van der Waals surface area contributed by atoms with E-state index in [-0.39, 0.29) is 11.8 Å². The van der Waals surface area contributed by atoms with Gasteiger partial charge < -0.3 is 15.2 Å². The molecule has 0 spiro atoms. The maximum Gasteiger partial charge on any atom is 0.315 e. The molecule has 0 aliphatic heterocycles. The molecule has 2 aromatic carbocycles. The second-order valence-corrected chi connectivity index (χ2v) is 5.70. The first-order valence-electron chi connectivity index (χ1n) is 7.94. The number of aryl methyl sites for hydroxylation is 1. The molecule has 2 N–H and O–H groups in total. The zero-order valence-electron chi connectivity index (χ0n) is 13.8. The second-order valence-electron chi connectivity index (χ2n) is 5.70. The Morgan fingerprint density at radius 1 is 1.20 bits per heavy atom. The van der Waals surface area contributed by atoms with Gasteiger partial charge in [0.05, 0.1) is 0 Å². The maximum atomic E-state index is 13.6. The summed E-state index contributed by atoms with van der Waals surface area (Å²) >= 11 is 0. The van der Waals surface area contributed by atoms with Crippen LogP contribution in [0.25, 0.3) is 0 Å². The van der Waals surface area contributed by atoms with Crippen molar-refractivity contribution in [1.82, 2.24) is 20.2 Å². The van der Waals surface area contributed by atoms with Crippen molar-refractivity contribution in [3.8, 4) is 0 Å². The highest BCUT2D eigenvalue weighted by atomic mass is 19.1. The summed E-state index contributed by atoms with van der Waals surface area (Å²) < 4.78 is 15.4. The van der Waals surface area contributed by atoms with Crippen LogP contribution in [0.5, 0.6) is 0 Å². The molecule has 0 radical (unpaired) electrons. The molecule has 0 aliphatic carbocycles. The Kier molecular flexibility index (Phi) is 5.09. The normalized spacial score (nSPS) is 11.8. The summed E-state index contributed by atoms with van der Waals surface area (Å²) in [5.41, 5.74) is 1.63. The van der Waals surface area contributed by atoms with E-state index in [1.807, 2.05) is 37.4 Å². The fourth-order valence-electron chi connectivity index (χ4n) is 2.60. The molecule has 1 atom stereocenters. The van der Waals surface area contributed by atoms with Crippen LogP contribution in [-0.2, 0) is 13.6 Å². The molecular weight excluding hydrogens is 319 g/mol. The lowest BCUT2D eigenvalue weighted by atomic mass is 10.1. The number of aromatic nitrogens is 2. The molecule has 2 amide bonds. The molecule has 0 bridgehead atoms. The molecule has 6 heteroatoms. The quantitative estimate of drug-likeness (QED) is 0.751. The molecule has 0 unspecified atom stereocenters. The number of nitrogens with one attached hydrogen (secondary N) is 2. The molecule has 0 saturated carbocycles. The van der Waals surface area contributed by atoms with Crippen LogP contribution in [0, 0.1) is 5.82 Å². The van der Waals surface area contributed by atoms with E-state index in [4.69, 9.17) is 0 Å². The lowest BCUT2D eigenvalue weighted by Crippen LogP contribution is -2.39. The monoisotopic (exact) mass is 338 g/mol. The average molecular weight is 338 g/mol. The molecular formula is C19H19FN4O. The number of carbonyl (C=O) groups excluding carboxylic acids is 1. The largest absolute Gasteiger partial charge is 0.336 e. The maximum absolute atomic E-state index is 13.6. The van der Waals surface area contributed by atoms with Crippen LogP contribution in [0.1, 0.15) is 23.0 Å². The van der Waals surface area contributed by atoms with Gasteiger partial charge in [-0.05, 0) is 23.3 Å². The van der Waals surface area contributed by atoms with Gasteiger partial charge in [0.2, 0.25) is 0 Å². The van der Waals surface area contributed by atoms with Gasteiger partial charge in [-0.15, -0.1) is 0 Å².